The zero-order valence-electron chi connectivity index (χ0n) is 17.9. The van der Waals surface area contributed by atoms with Crippen LogP contribution in [0.25, 0.3) is 0 Å². The second-order valence-corrected chi connectivity index (χ2v) is 11.0. The number of hydrogen-bond donors (Lipinski definition) is 1. The molecule has 27 heavy (non-hydrogen) atoms. The molecule has 0 amide bonds. The molecule has 1 N–H and O–H groups in total. The zero-order valence-corrected chi connectivity index (χ0v) is 20.0. The van der Waals surface area contributed by atoms with Gasteiger partial charge in [-0.3, -0.25) is 4.79 Å². The van der Waals surface area contributed by atoms with E-state index in [4.69, 9.17) is 4.74 Å². The summed E-state index contributed by atoms with van der Waals surface area (Å²) in [5.41, 5.74) is 0.699. The third kappa shape index (κ3) is 6.50. The van der Waals surface area contributed by atoms with Crippen molar-refractivity contribution in [3.05, 3.63) is 28.0 Å². The van der Waals surface area contributed by atoms with Gasteiger partial charge in [0.15, 0.2) is 11.3 Å². The molecule has 0 bridgehead atoms. The molecule has 1 aromatic rings. The fourth-order valence-electron chi connectivity index (χ4n) is 4.29. The minimum atomic E-state index is -0.279. The van der Waals surface area contributed by atoms with Gasteiger partial charge in [0.1, 0.15) is 5.60 Å². The Labute approximate surface area is 179 Å². The van der Waals surface area contributed by atoms with Crippen LogP contribution in [0.5, 0.6) is 5.88 Å². The van der Waals surface area contributed by atoms with Crippen LogP contribution in [0.1, 0.15) is 98.1 Å². The predicted octanol–water partition coefficient (Wildman–Crippen LogP) is 6.77. The van der Waals surface area contributed by atoms with Gasteiger partial charge in [-0.05, 0) is 33.1 Å². The molecular weight excluding hydrogens is 449 g/mol. The first kappa shape index (κ1) is 22.8. The topological polar surface area (TPSA) is 42.1 Å². The Morgan fingerprint density at radius 2 is 1.81 bits per heavy atom. The van der Waals surface area contributed by atoms with Gasteiger partial charge in [-0.15, -0.1) is 0 Å². The maximum atomic E-state index is 12.4. The number of H-pyrrole nitrogens is 1. The summed E-state index contributed by atoms with van der Waals surface area (Å²) in [5, 5.41) is 0. The molecule has 2 rings (SSSR count). The van der Waals surface area contributed by atoms with Crippen molar-refractivity contribution < 1.29 is 4.74 Å². The average molecular weight is 487 g/mol. The zero-order chi connectivity index (χ0) is 20.1. The minimum absolute atomic E-state index is 0.0332. The van der Waals surface area contributed by atoms with E-state index < -0.39 is 0 Å². The van der Waals surface area contributed by atoms with Crippen molar-refractivity contribution in [1.29, 1.82) is 0 Å². The maximum Gasteiger partial charge on any atom is 0.195 e. The summed E-state index contributed by atoms with van der Waals surface area (Å²) in [6.07, 6.45) is 11.1. The van der Waals surface area contributed by atoms with Crippen LogP contribution in [0.2, 0.25) is 0 Å². The number of aromatic nitrogens is 1. The number of halogens is 1. The molecule has 3 nitrogen and oxygen atoms in total. The average Bonchev–Trinajstić information content (AvgIpc) is 2.58. The molecule has 0 saturated heterocycles. The van der Waals surface area contributed by atoms with Crippen LogP contribution in [-0.4, -0.2) is 14.5 Å². The molecule has 0 aromatic carbocycles. The van der Waals surface area contributed by atoms with Crippen LogP contribution in [0.15, 0.2) is 16.9 Å². The summed E-state index contributed by atoms with van der Waals surface area (Å²) < 4.78 is 7.05. The Bertz CT molecular complexity index is 650. The van der Waals surface area contributed by atoms with E-state index >= 15 is 0 Å². The minimum Gasteiger partial charge on any atom is -0.473 e. The summed E-state index contributed by atoms with van der Waals surface area (Å²) in [4.78, 5) is 15.8. The Morgan fingerprint density at radius 3 is 2.48 bits per heavy atom. The summed E-state index contributed by atoms with van der Waals surface area (Å²) in [7, 11) is 0. The highest BCUT2D eigenvalue weighted by Crippen LogP contribution is 2.39. The number of aromatic amines is 1. The summed E-state index contributed by atoms with van der Waals surface area (Å²) >= 11 is 2.58. The van der Waals surface area contributed by atoms with Gasteiger partial charge in [-0.2, -0.15) is 0 Å². The molecule has 1 aliphatic rings. The number of unbranched alkanes of at least 4 members (excludes halogenated alkanes) is 3. The molecule has 0 spiro atoms. The second kappa shape index (κ2) is 9.80. The van der Waals surface area contributed by atoms with E-state index in [-0.39, 0.29) is 16.4 Å². The van der Waals surface area contributed by atoms with E-state index in [1.807, 2.05) is 0 Å². The number of pyridine rings is 1. The Hall–Kier alpha value is -0.520. The van der Waals surface area contributed by atoms with Crippen molar-refractivity contribution in [3.63, 3.8) is 0 Å². The normalized spacial score (nSPS) is 21.3. The number of nitrogens with one attached hydrogen (secondary N) is 1. The van der Waals surface area contributed by atoms with Crippen molar-refractivity contribution in [3.8, 4) is 5.88 Å². The number of hydrogen-bond acceptors (Lipinski definition) is 2. The van der Waals surface area contributed by atoms with Gasteiger partial charge in [-0.25, -0.2) is 0 Å². The Morgan fingerprint density at radius 1 is 1.11 bits per heavy atom. The predicted molar refractivity (Wildman–Crippen MR) is 123 cm³/mol. The highest BCUT2D eigenvalue weighted by molar-refractivity contribution is 14.1. The highest BCUT2D eigenvalue weighted by Gasteiger charge is 2.38. The van der Waals surface area contributed by atoms with Gasteiger partial charge in [-0.1, -0.05) is 81.9 Å². The van der Waals surface area contributed by atoms with Gasteiger partial charge < -0.3 is 9.72 Å². The summed E-state index contributed by atoms with van der Waals surface area (Å²) in [6.45, 7) is 11.0. The second-order valence-electron chi connectivity index (χ2n) is 9.40. The lowest BCUT2D eigenvalue weighted by atomic mass is 9.78. The lowest BCUT2D eigenvalue weighted by Gasteiger charge is -2.40. The standard InChI is InChI=1S/C23H38INO2/c1-6-7-8-11-14-22(2,3)20-15-17(26)16-21(25-20)27-23(4,5)18-12-9-10-13-19(18)24/h15-16,18-19H,6-14H2,1-5H3,(H,25,26)/t18?,19-/m0/s1. The molecule has 0 radical (unpaired) electrons. The van der Waals surface area contributed by atoms with Crippen LogP contribution in [0, 0.1) is 5.92 Å². The molecule has 1 fully saturated rings. The van der Waals surface area contributed by atoms with Crippen LogP contribution in [0.3, 0.4) is 0 Å². The summed E-state index contributed by atoms with van der Waals surface area (Å²) in [6, 6.07) is 3.37. The third-order valence-corrected chi connectivity index (χ3v) is 7.64. The van der Waals surface area contributed by atoms with Crippen LogP contribution in [0.4, 0.5) is 0 Å². The van der Waals surface area contributed by atoms with Crippen LogP contribution < -0.4 is 10.2 Å². The molecule has 4 heteroatoms. The van der Waals surface area contributed by atoms with Crippen LogP contribution in [-0.2, 0) is 5.41 Å². The summed E-state index contributed by atoms with van der Waals surface area (Å²) in [5.74, 6) is 1.14. The van der Waals surface area contributed by atoms with E-state index in [0.29, 0.717) is 15.7 Å². The van der Waals surface area contributed by atoms with E-state index in [9.17, 15) is 4.79 Å². The molecule has 1 aromatic heterocycles. The molecule has 154 valence electrons. The van der Waals surface area contributed by atoms with Gasteiger partial charge in [0.25, 0.3) is 0 Å². The van der Waals surface area contributed by atoms with Crippen LogP contribution >= 0.6 is 22.6 Å². The van der Waals surface area contributed by atoms with E-state index in [1.54, 1.807) is 12.1 Å². The first-order valence-corrected chi connectivity index (χ1v) is 12.0. The van der Waals surface area contributed by atoms with Crippen molar-refractivity contribution in [2.24, 2.45) is 5.92 Å². The van der Waals surface area contributed by atoms with Crippen molar-refractivity contribution >= 4 is 22.6 Å². The fraction of sp³-hybridized carbons (Fsp3) is 0.783. The number of ether oxygens (including phenoxy) is 1. The third-order valence-electron chi connectivity index (χ3n) is 6.15. The largest absolute Gasteiger partial charge is 0.473 e. The molecule has 1 aliphatic carbocycles. The van der Waals surface area contributed by atoms with Gasteiger partial charge in [0.2, 0.25) is 0 Å². The first-order chi connectivity index (χ1) is 12.7. The van der Waals surface area contributed by atoms with E-state index in [0.717, 1.165) is 12.1 Å². The van der Waals surface area contributed by atoms with E-state index in [2.05, 4.69) is 62.2 Å². The monoisotopic (exact) mass is 487 g/mol. The van der Waals surface area contributed by atoms with E-state index in [1.165, 1.54) is 51.4 Å². The maximum absolute atomic E-state index is 12.4. The van der Waals surface area contributed by atoms with Gasteiger partial charge >= 0.3 is 0 Å². The van der Waals surface area contributed by atoms with Gasteiger partial charge in [0.05, 0.1) is 0 Å². The smallest absolute Gasteiger partial charge is 0.195 e. The molecule has 0 aliphatic heterocycles. The van der Waals surface area contributed by atoms with Crippen molar-refractivity contribution in [2.75, 3.05) is 0 Å². The quantitative estimate of drug-likeness (QED) is 0.237. The first-order valence-electron chi connectivity index (χ1n) is 10.7. The van der Waals surface area contributed by atoms with Crippen molar-refractivity contribution in [2.45, 2.75) is 107 Å². The highest BCUT2D eigenvalue weighted by atomic mass is 127. The molecule has 1 heterocycles. The molecule has 1 saturated carbocycles. The fourth-order valence-corrected chi connectivity index (χ4v) is 5.96. The lowest BCUT2D eigenvalue weighted by Crippen LogP contribution is -2.44. The SMILES string of the molecule is CCCCCCC(C)(C)c1cc(=O)cc(OC(C)(C)C2CCCC[C@@H]2I)[nH]1. The molecule has 2 atom stereocenters. The van der Waals surface area contributed by atoms with Gasteiger partial charge in [0, 0.05) is 33.1 Å². The number of rotatable bonds is 9. The molecular formula is C23H38INO2. The Kier molecular flexibility index (Phi) is 8.26. The Balaban J connectivity index is 2.15. The lowest BCUT2D eigenvalue weighted by molar-refractivity contribution is 0.0265. The molecule has 1 unspecified atom stereocenters. The number of alkyl halides is 1. The van der Waals surface area contributed by atoms with Crippen molar-refractivity contribution in [1.82, 2.24) is 4.98 Å².